The van der Waals surface area contributed by atoms with Crippen LogP contribution in [0.3, 0.4) is 0 Å². The Morgan fingerprint density at radius 2 is 2.14 bits per heavy atom. The molecule has 6 heteroatoms. The van der Waals surface area contributed by atoms with Crippen LogP contribution in [0, 0.1) is 6.92 Å². The van der Waals surface area contributed by atoms with Crippen LogP contribution in [0.4, 0.5) is 11.5 Å². The van der Waals surface area contributed by atoms with E-state index in [1.165, 1.54) is 6.20 Å². The van der Waals surface area contributed by atoms with Gasteiger partial charge >= 0.3 is 0 Å². The molecule has 0 spiro atoms. The van der Waals surface area contributed by atoms with Gasteiger partial charge in [-0.1, -0.05) is 13.0 Å². The molecule has 21 heavy (non-hydrogen) atoms. The topological polar surface area (TPSA) is 66.9 Å². The van der Waals surface area contributed by atoms with E-state index in [1.54, 1.807) is 6.20 Å². The van der Waals surface area contributed by atoms with Crippen molar-refractivity contribution in [1.82, 2.24) is 9.97 Å². The highest BCUT2D eigenvalue weighted by atomic mass is 79.9. The minimum absolute atomic E-state index is 0.282. The summed E-state index contributed by atoms with van der Waals surface area (Å²) in [6, 6.07) is 5.76. The summed E-state index contributed by atoms with van der Waals surface area (Å²) < 4.78 is 0.828. The second kappa shape index (κ2) is 7.17. The predicted octanol–water partition coefficient (Wildman–Crippen LogP) is 3.62. The summed E-state index contributed by atoms with van der Waals surface area (Å²) in [5.74, 6) is 0.321. The van der Waals surface area contributed by atoms with Gasteiger partial charge in [0.2, 0.25) is 0 Å². The fraction of sp³-hybridized carbons (Fsp3) is 0.267. The van der Waals surface area contributed by atoms with Crippen LogP contribution in [0.5, 0.6) is 0 Å². The van der Waals surface area contributed by atoms with E-state index < -0.39 is 0 Å². The average Bonchev–Trinajstić information content (AvgIpc) is 2.49. The number of benzene rings is 1. The fourth-order valence-corrected chi connectivity index (χ4v) is 2.08. The lowest BCUT2D eigenvalue weighted by Gasteiger charge is -2.09. The number of carbonyl (C=O) groups excluding carboxylic acids is 1. The Bertz CT molecular complexity index is 645. The van der Waals surface area contributed by atoms with Crippen molar-refractivity contribution in [2.24, 2.45) is 0 Å². The third kappa shape index (κ3) is 4.26. The summed E-state index contributed by atoms with van der Waals surface area (Å²) in [5, 5.41) is 5.95. The summed E-state index contributed by atoms with van der Waals surface area (Å²) in [6.07, 6.45) is 4.04. The van der Waals surface area contributed by atoms with E-state index in [0.29, 0.717) is 11.5 Å². The highest BCUT2D eigenvalue weighted by Crippen LogP contribution is 2.23. The molecule has 0 fully saturated rings. The van der Waals surface area contributed by atoms with Crippen molar-refractivity contribution in [2.45, 2.75) is 20.3 Å². The molecular weight excluding hydrogens is 332 g/mol. The molecule has 0 radical (unpaired) electrons. The summed E-state index contributed by atoms with van der Waals surface area (Å²) in [7, 11) is 0. The van der Waals surface area contributed by atoms with Crippen LogP contribution in [-0.4, -0.2) is 22.4 Å². The first-order chi connectivity index (χ1) is 10.1. The van der Waals surface area contributed by atoms with Gasteiger partial charge in [0.15, 0.2) is 0 Å². The van der Waals surface area contributed by atoms with Crippen molar-refractivity contribution in [1.29, 1.82) is 0 Å². The number of amides is 1. The molecule has 1 amide bonds. The van der Waals surface area contributed by atoms with Crippen molar-refractivity contribution in [3.8, 4) is 0 Å². The van der Waals surface area contributed by atoms with Crippen LogP contribution in [0.2, 0.25) is 0 Å². The van der Waals surface area contributed by atoms with E-state index in [2.05, 4.69) is 43.5 Å². The molecule has 0 bridgehead atoms. The van der Waals surface area contributed by atoms with Crippen LogP contribution in [0.1, 0.15) is 29.4 Å². The molecule has 0 saturated heterocycles. The molecule has 0 aliphatic carbocycles. The Labute approximate surface area is 132 Å². The molecule has 2 aromatic rings. The lowest BCUT2D eigenvalue weighted by Crippen LogP contribution is -2.15. The van der Waals surface area contributed by atoms with Crippen LogP contribution >= 0.6 is 15.9 Å². The number of halogens is 1. The Kier molecular flexibility index (Phi) is 5.27. The van der Waals surface area contributed by atoms with Crippen molar-refractivity contribution in [2.75, 3.05) is 17.2 Å². The highest BCUT2D eigenvalue weighted by Gasteiger charge is 2.11. The fourth-order valence-electron chi connectivity index (χ4n) is 1.73. The van der Waals surface area contributed by atoms with E-state index in [1.807, 2.05) is 25.1 Å². The summed E-state index contributed by atoms with van der Waals surface area (Å²) in [4.78, 5) is 20.5. The number of nitrogens with one attached hydrogen (secondary N) is 2. The van der Waals surface area contributed by atoms with Gasteiger partial charge in [-0.3, -0.25) is 9.78 Å². The lowest BCUT2D eigenvalue weighted by molar-refractivity contribution is 0.102. The first kappa shape index (κ1) is 15.4. The summed E-state index contributed by atoms with van der Waals surface area (Å²) >= 11 is 3.42. The molecule has 0 unspecified atom stereocenters. The quantitative estimate of drug-likeness (QED) is 0.865. The van der Waals surface area contributed by atoms with Gasteiger partial charge in [-0.25, -0.2) is 4.98 Å². The zero-order valence-electron chi connectivity index (χ0n) is 12.0. The number of hydrogen-bond acceptors (Lipinski definition) is 4. The Hall–Kier alpha value is -1.95. The standard InChI is InChI=1S/C15H17BrN4O/c1-3-6-18-14-9-17-8-13(19-14)15(21)20-12-7-10(2)4-5-11(12)16/h4-5,7-9H,3,6H2,1-2H3,(H,18,19)(H,20,21). The molecule has 2 N–H and O–H groups in total. The molecule has 0 saturated carbocycles. The number of carbonyl (C=O) groups is 1. The number of anilines is 2. The molecule has 0 aliphatic heterocycles. The monoisotopic (exact) mass is 348 g/mol. The molecule has 5 nitrogen and oxygen atoms in total. The molecule has 1 aromatic carbocycles. The SMILES string of the molecule is CCCNc1cncc(C(=O)Nc2cc(C)ccc2Br)n1. The summed E-state index contributed by atoms with van der Waals surface area (Å²) in [5.41, 5.74) is 2.07. The third-order valence-corrected chi connectivity index (χ3v) is 3.48. The summed E-state index contributed by atoms with van der Waals surface area (Å²) in [6.45, 7) is 4.83. The number of rotatable bonds is 5. The zero-order valence-corrected chi connectivity index (χ0v) is 13.6. The Balaban J connectivity index is 2.14. The van der Waals surface area contributed by atoms with Gasteiger partial charge in [0.05, 0.1) is 18.1 Å². The van der Waals surface area contributed by atoms with Crippen LogP contribution in [0.15, 0.2) is 35.1 Å². The Morgan fingerprint density at radius 3 is 2.90 bits per heavy atom. The molecule has 1 aromatic heterocycles. The van der Waals surface area contributed by atoms with Crippen LogP contribution < -0.4 is 10.6 Å². The molecule has 0 atom stereocenters. The third-order valence-electron chi connectivity index (χ3n) is 2.79. The largest absolute Gasteiger partial charge is 0.369 e. The number of aryl methyl sites for hydroxylation is 1. The molecule has 1 heterocycles. The molecule has 110 valence electrons. The average molecular weight is 349 g/mol. The number of nitrogens with zero attached hydrogens (tertiary/aromatic N) is 2. The van der Waals surface area contributed by atoms with Crippen molar-refractivity contribution >= 4 is 33.3 Å². The second-order valence-electron chi connectivity index (χ2n) is 4.65. The van der Waals surface area contributed by atoms with Gasteiger partial charge < -0.3 is 10.6 Å². The van der Waals surface area contributed by atoms with Gasteiger partial charge in [0.25, 0.3) is 5.91 Å². The zero-order chi connectivity index (χ0) is 15.2. The maximum atomic E-state index is 12.2. The van der Waals surface area contributed by atoms with Gasteiger partial charge in [0, 0.05) is 11.0 Å². The minimum Gasteiger partial charge on any atom is -0.369 e. The van der Waals surface area contributed by atoms with E-state index in [4.69, 9.17) is 0 Å². The number of hydrogen-bond donors (Lipinski definition) is 2. The first-order valence-electron chi connectivity index (χ1n) is 6.73. The lowest BCUT2D eigenvalue weighted by atomic mass is 10.2. The van der Waals surface area contributed by atoms with Gasteiger partial charge in [-0.2, -0.15) is 0 Å². The molecular formula is C15H17BrN4O. The normalized spacial score (nSPS) is 10.2. The van der Waals surface area contributed by atoms with E-state index in [0.717, 1.165) is 23.0 Å². The van der Waals surface area contributed by atoms with Gasteiger partial charge in [-0.15, -0.1) is 0 Å². The van der Waals surface area contributed by atoms with Crippen molar-refractivity contribution in [3.05, 3.63) is 46.3 Å². The molecule has 0 aliphatic rings. The predicted molar refractivity (Wildman–Crippen MR) is 87.6 cm³/mol. The maximum Gasteiger partial charge on any atom is 0.275 e. The first-order valence-corrected chi connectivity index (χ1v) is 7.53. The van der Waals surface area contributed by atoms with E-state index >= 15 is 0 Å². The van der Waals surface area contributed by atoms with Crippen LogP contribution in [-0.2, 0) is 0 Å². The minimum atomic E-state index is -0.283. The van der Waals surface area contributed by atoms with Crippen molar-refractivity contribution < 1.29 is 4.79 Å². The Morgan fingerprint density at radius 1 is 1.33 bits per heavy atom. The maximum absolute atomic E-state index is 12.2. The van der Waals surface area contributed by atoms with E-state index in [9.17, 15) is 4.79 Å². The van der Waals surface area contributed by atoms with Gasteiger partial charge in [-0.05, 0) is 47.0 Å². The molecule has 2 rings (SSSR count). The smallest absolute Gasteiger partial charge is 0.275 e. The second-order valence-corrected chi connectivity index (χ2v) is 5.51. The van der Waals surface area contributed by atoms with Crippen LogP contribution in [0.25, 0.3) is 0 Å². The van der Waals surface area contributed by atoms with Gasteiger partial charge in [0.1, 0.15) is 11.5 Å². The number of aromatic nitrogens is 2. The van der Waals surface area contributed by atoms with Crippen molar-refractivity contribution in [3.63, 3.8) is 0 Å². The highest BCUT2D eigenvalue weighted by molar-refractivity contribution is 9.10. The van der Waals surface area contributed by atoms with E-state index in [-0.39, 0.29) is 11.6 Å².